The van der Waals surface area contributed by atoms with Crippen LogP contribution in [0.3, 0.4) is 0 Å². The largest absolute Gasteiger partial charge is 0.480 e. The van der Waals surface area contributed by atoms with Crippen LogP contribution in [0.25, 0.3) is 0 Å². The summed E-state index contributed by atoms with van der Waals surface area (Å²) in [6.07, 6.45) is 8.35. The van der Waals surface area contributed by atoms with Gasteiger partial charge in [0.25, 0.3) is 0 Å². The Morgan fingerprint density at radius 2 is 1.45 bits per heavy atom. The first kappa shape index (κ1) is 26.0. The molecule has 0 aliphatic heterocycles. The molecule has 0 aliphatic carbocycles. The van der Waals surface area contributed by atoms with Crippen LogP contribution in [0.1, 0.15) is 97.2 Å². The third kappa shape index (κ3) is 23.5. The zero-order valence-electron chi connectivity index (χ0n) is 24.8. The van der Waals surface area contributed by atoms with Gasteiger partial charge in [-0.25, -0.2) is 4.57 Å². The number of carboxylic acid groups (broad SMARTS) is 1. The number of nitrogens with two attached hydrogens (primary N) is 1. The van der Waals surface area contributed by atoms with E-state index in [0.29, 0.717) is 12.8 Å². The molecule has 0 saturated carbocycles. The van der Waals surface area contributed by atoms with Gasteiger partial charge < -0.3 is 25.6 Å². The van der Waals surface area contributed by atoms with Crippen LogP contribution in [-0.4, -0.2) is 88.4 Å². The second-order valence-electron chi connectivity index (χ2n) is 7.47. The van der Waals surface area contributed by atoms with E-state index in [0.717, 1.165) is 25.7 Å². The molecule has 0 heterocycles. The molecule has 0 saturated heterocycles. The van der Waals surface area contributed by atoms with Crippen molar-refractivity contribution in [2.45, 2.75) is 103 Å². The molecule has 0 aliphatic rings. The third-order valence-electron chi connectivity index (χ3n) is 4.49. The van der Waals surface area contributed by atoms with E-state index in [1.807, 2.05) is 0 Å². The van der Waals surface area contributed by atoms with Crippen molar-refractivity contribution in [2.75, 3.05) is 19.7 Å². The second kappa shape index (κ2) is 22.4. The van der Waals surface area contributed by atoms with Crippen LogP contribution < -0.4 is 5.73 Å². The number of hydrogen-bond acceptors (Lipinski definition) is 8. The fraction of sp³-hybridized carbons (Fsp3) is 0.905. The Kier molecular flexibility index (Phi) is 17.7. The normalized spacial score (nSPS) is 18.7. The number of rotatable bonds is 22. The minimum atomic E-state index is -5.46. The Bertz CT molecular complexity index is 750. The predicted octanol–water partition coefficient (Wildman–Crippen LogP) is 3.15. The van der Waals surface area contributed by atoms with Crippen molar-refractivity contribution in [1.82, 2.24) is 0 Å². The van der Waals surface area contributed by atoms with Gasteiger partial charge in [-0.05, 0) is 6.42 Å². The van der Waals surface area contributed by atoms with Crippen LogP contribution in [-0.2, 0) is 27.9 Å². The third-order valence-corrected chi connectivity index (χ3v) is 5.29. The Hall–Kier alpha value is -0.0300. The molecule has 33 heavy (non-hydrogen) atoms. The Balaban J connectivity index is 0. The summed E-state index contributed by atoms with van der Waals surface area (Å²) in [5.41, 5.74) is 5.09. The number of esters is 1. The van der Waals surface area contributed by atoms with Crippen LogP contribution in [0, 0.1) is 0 Å². The number of carbonyl (C=O) groups is 2. The number of phosphoric acid groups is 1. The molecule has 0 spiro atoms. The SMILES string of the molecule is [2H]C([2H])(OC(=O)CCCCCCCCCCCCCC)[C@@]([2H])(O)C([2H])([2H])OP(=O)(O)OC[C@H](N)C(=O)O.[Na]. The van der Waals surface area contributed by atoms with Gasteiger partial charge in [0.1, 0.15) is 18.7 Å². The summed E-state index contributed by atoms with van der Waals surface area (Å²) in [5.74, 6) is -2.74. The first-order valence-electron chi connectivity index (χ1n) is 13.6. The fourth-order valence-electron chi connectivity index (χ4n) is 2.66. The topological polar surface area (TPSA) is 166 Å². The average molecular weight is 512 g/mol. The van der Waals surface area contributed by atoms with Gasteiger partial charge in [-0.3, -0.25) is 18.6 Å². The molecule has 1 radical (unpaired) electrons. The molecule has 0 amide bonds. The number of hydrogen-bond donors (Lipinski definition) is 4. The van der Waals surface area contributed by atoms with Crippen LogP contribution >= 0.6 is 7.82 Å². The van der Waals surface area contributed by atoms with Crippen molar-refractivity contribution in [3.63, 3.8) is 0 Å². The Labute approximate surface area is 226 Å². The number of carbonyl (C=O) groups excluding carboxylic acids is 1. The summed E-state index contributed by atoms with van der Waals surface area (Å²) < 4.78 is 62.8. The maximum absolute atomic E-state index is 12.0. The standard InChI is InChI=1S/C21H42NO9P.Na/c1-2-3-4-5-6-7-8-9-10-11-12-13-14-20(24)29-15-18(23)16-30-32(27,28)31-17-19(22)21(25)26;/h18-19,23H,2-17,22H2,1H3,(H,25,26)(H,27,28);/t18-,19+;/m1./s1/i15D2,16D2,18D;. The maximum Gasteiger partial charge on any atom is 0.472 e. The maximum atomic E-state index is 12.0. The van der Waals surface area contributed by atoms with Crippen LogP contribution in [0.2, 0.25) is 0 Å². The van der Waals surface area contributed by atoms with E-state index < -0.39 is 51.6 Å². The summed E-state index contributed by atoms with van der Waals surface area (Å²) >= 11 is 0. The summed E-state index contributed by atoms with van der Waals surface area (Å²) in [5, 5.41) is 18.8. The number of aliphatic hydroxyl groups is 1. The Morgan fingerprint density at radius 1 is 0.970 bits per heavy atom. The zero-order chi connectivity index (χ0) is 28.8. The molecule has 0 fully saturated rings. The summed E-state index contributed by atoms with van der Waals surface area (Å²) in [6.45, 7) is -6.54. The zero-order valence-corrected chi connectivity index (χ0v) is 22.7. The second-order valence-corrected chi connectivity index (χ2v) is 8.84. The minimum absolute atomic E-state index is 0. The smallest absolute Gasteiger partial charge is 0.472 e. The van der Waals surface area contributed by atoms with E-state index in [4.69, 9.17) is 17.7 Å². The van der Waals surface area contributed by atoms with E-state index in [1.165, 1.54) is 38.5 Å². The molecule has 0 aromatic heterocycles. The van der Waals surface area contributed by atoms with Crippen molar-refractivity contribution in [3.05, 3.63) is 0 Å². The van der Waals surface area contributed by atoms with Crippen LogP contribution in [0.5, 0.6) is 0 Å². The molecule has 0 bridgehead atoms. The fourth-order valence-corrected chi connectivity index (χ4v) is 3.26. The van der Waals surface area contributed by atoms with Gasteiger partial charge in [0, 0.05) is 36.0 Å². The first-order valence-corrected chi connectivity index (χ1v) is 12.6. The molecule has 5 N–H and O–H groups in total. The van der Waals surface area contributed by atoms with Crippen molar-refractivity contribution in [1.29, 1.82) is 0 Å². The van der Waals surface area contributed by atoms with Gasteiger partial charge in [-0.2, -0.15) is 0 Å². The average Bonchev–Trinajstić information content (AvgIpc) is 2.76. The van der Waals surface area contributed by atoms with E-state index in [-0.39, 0.29) is 36.0 Å². The molecule has 10 nitrogen and oxygen atoms in total. The predicted molar refractivity (Wildman–Crippen MR) is 126 cm³/mol. The summed E-state index contributed by atoms with van der Waals surface area (Å²) in [4.78, 5) is 32.2. The molecular formula is C21H42NNaO9P. The first-order chi connectivity index (χ1) is 17.0. The number of unbranched alkanes of at least 4 members (excludes halogenated alkanes) is 11. The van der Waals surface area contributed by atoms with Gasteiger partial charge in [0.15, 0.2) is 0 Å². The number of phosphoric ester groups is 1. The number of aliphatic carboxylic acids is 1. The molecular weight excluding hydrogens is 464 g/mol. The summed E-state index contributed by atoms with van der Waals surface area (Å²) in [6, 6.07) is -1.77. The molecule has 0 aromatic carbocycles. The molecule has 1 unspecified atom stereocenters. The molecule has 3 atom stereocenters. The van der Waals surface area contributed by atoms with Crippen LogP contribution in [0.4, 0.5) is 0 Å². The minimum Gasteiger partial charge on any atom is -0.480 e. The molecule has 191 valence electrons. The van der Waals surface area contributed by atoms with Gasteiger partial charge in [0.05, 0.1) is 20.0 Å². The number of carboxylic acids is 1. The monoisotopic (exact) mass is 511 g/mol. The van der Waals surface area contributed by atoms with Crippen molar-refractivity contribution < 1.29 is 49.9 Å². The quantitative estimate of drug-likeness (QED) is 0.0734. The van der Waals surface area contributed by atoms with Crippen LogP contribution in [0.15, 0.2) is 0 Å². The van der Waals surface area contributed by atoms with Gasteiger partial charge in [-0.1, -0.05) is 77.6 Å². The number of ether oxygens (including phenoxy) is 1. The van der Waals surface area contributed by atoms with Crippen molar-refractivity contribution in [3.8, 4) is 0 Å². The van der Waals surface area contributed by atoms with Gasteiger partial charge >= 0.3 is 19.8 Å². The van der Waals surface area contributed by atoms with Crippen molar-refractivity contribution in [2.24, 2.45) is 5.73 Å². The van der Waals surface area contributed by atoms with E-state index in [9.17, 15) is 24.2 Å². The molecule has 12 heteroatoms. The van der Waals surface area contributed by atoms with Gasteiger partial charge in [0.2, 0.25) is 0 Å². The van der Waals surface area contributed by atoms with E-state index in [2.05, 4.69) is 20.7 Å². The van der Waals surface area contributed by atoms with Gasteiger partial charge in [-0.15, -0.1) is 0 Å². The van der Waals surface area contributed by atoms with E-state index in [1.54, 1.807) is 0 Å². The van der Waals surface area contributed by atoms with Crippen molar-refractivity contribution >= 4 is 49.3 Å². The van der Waals surface area contributed by atoms with E-state index >= 15 is 0 Å². The molecule has 0 aromatic rings. The molecule has 0 rings (SSSR count). The summed E-state index contributed by atoms with van der Waals surface area (Å²) in [7, 11) is -5.46. The Morgan fingerprint density at radius 3 is 1.94 bits per heavy atom.